The van der Waals surface area contributed by atoms with Crippen molar-refractivity contribution in [3.05, 3.63) is 23.8 Å². The van der Waals surface area contributed by atoms with Gasteiger partial charge in [0.1, 0.15) is 11.5 Å². The van der Waals surface area contributed by atoms with Gasteiger partial charge in [-0.3, -0.25) is 0 Å². The number of nitrogens with one attached hydrogen (secondary N) is 1. The van der Waals surface area contributed by atoms with Crippen LogP contribution in [-0.4, -0.2) is 33.2 Å². The molecule has 1 aliphatic carbocycles. The molecular formula is C14H18N2O3S. The molecule has 108 valence electrons. The van der Waals surface area contributed by atoms with Gasteiger partial charge in [0, 0.05) is 12.6 Å². The number of phenolic OH excluding ortho intramolecular Hbond substituents is 2. The number of likely N-dealkylation sites (N-methyl/N-ethyl adjacent to an activating group) is 1. The zero-order chi connectivity index (χ0) is 14.8. The molecule has 0 saturated heterocycles. The van der Waals surface area contributed by atoms with Crippen LogP contribution in [0, 0.1) is 0 Å². The summed E-state index contributed by atoms with van der Waals surface area (Å²) >= 11 is 5.42. The molecule has 1 saturated carbocycles. The predicted molar refractivity (Wildman–Crippen MR) is 80.8 cm³/mol. The number of rotatable bonds is 2. The number of phenols is 2. The van der Waals surface area contributed by atoms with Crippen molar-refractivity contribution in [3.63, 3.8) is 0 Å². The number of nitrogens with zero attached hydrogens (tertiary/aromatic N) is 1. The average Bonchev–Trinajstić information content (AvgIpc) is 2.48. The minimum Gasteiger partial charge on any atom is -0.508 e. The van der Waals surface area contributed by atoms with Crippen molar-refractivity contribution in [3.8, 4) is 11.5 Å². The lowest BCUT2D eigenvalue weighted by Crippen LogP contribution is -2.50. The van der Waals surface area contributed by atoms with E-state index in [1.54, 1.807) is 7.05 Å². The highest BCUT2D eigenvalue weighted by molar-refractivity contribution is 7.80. The third-order valence-electron chi connectivity index (χ3n) is 3.88. The summed E-state index contributed by atoms with van der Waals surface area (Å²) in [5, 5.41) is 35.6. The summed E-state index contributed by atoms with van der Waals surface area (Å²) in [4.78, 5) is 0.478. The van der Waals surface area contributed by atoms with E-state index >= 15 is 0 Å². The molecule has 1 fully saturated rings. The summed E-state index contributed by atoms with van der Waals surface area (Å²) in [6, 6.07) is 4.32. The van der Waals surface area contributed by atoms with Gasteiger partial charge in [0.05, 0.1) is 16.1 Å². The Morgan fingerprint density at radius 1 is 1.35 bits per heavy atom. The lowest BCUT2D eigenvalue weighted by Gasteiger charge is -2.38. The quantitative estimate of drug-likeness (QED) is 0.291. The third-order valence-corrected chi connectivity index (χ3v) is 4.44. The molecule has 2 rings (SSSR count). The van der Waals surface area contributed by atoms with Gasteiger partial charge in [0.15, 0.2) is 0 Å². The van der Waals surface area contributed by atoms with Gasteiger partial charge in [0.2, 0.25) is 0 Å². The summed E-state index contributed by atoms with van der Waals surface area (Å²) in [6.45, 7) is 0. The van der Waals surface area contributed by atoms with Crippen LogP contribution in [0.3, 0.4) is 0 Å². The number of aromatic hydroxyl groups is 2. The van der Waals surface area contributed by atoms with Crippen molar-refractivity contribution >= 4 is 22.9 Å². The first-order valence-corrected chi connectivity index (χ1v) is 6.93. The first kappa shape index (κ1) is 14.6. The average molecular weight is 294 g/mol. The summed E-state index contributed by atoms with van der Waals surface area (Å²) in [5.74, 6) is 0.0717. The van der Waals surface area contributed by atoms with Gasteiger partial charge in [-0.05, 0) is 37.5 Å². The minimum atomic E-state index is -0.861. The molecule has 0 spiro atoms. The topological polar surface area (TPSA) is 85.1 Å². The van der Waals surface area contributed by atoms with Crippen LogP contribution >= 0.6 is 12.2 Å². The first-order valence-electron chi connectivity index (χ1n) is 6.52. The number of benzene rings is 1. The van der Waals surface area contributed by atoms with Gasteiger partial charge in [-0.25, -0.2) is 0 Å². The van der Waals surface area contributed by atoms with E-state index in [-0.39, 0.29) is 11.5 Å². The molecule has 1 aromatic carbocycles. The molecule has 0 radical (unpaired) electrons. The Kier molecular flexibility index (Phi) is 4.13. The summed E-state index contributed by atoms with van der Waals surface area (Å²) in [7, 11) is 1.70. The number of hydrogen-bond donors (Lipinski definition) is 4. The Bertz CT molecular complexity index is 559. The maximum absolute atomic E-state index is 10.2. The largest absolute Gasteiger partial charge is 0.508 e. The second-order valence-electron chi connectivity index (χ2n) is 4.94. The molecule has 1 atom stereocenters. The fourth-order valence-electron chi connectivity index (χ4n) is 2.91. The highest BCUT2D eigenvalue weighted by Gasteiger charge is 2.45. The Hall–Kier alpha value is -1.82. The molecule has 1 aromatic rings. The summed E-state index contributed by atoms with van der Waals surface area (Å²) < 4.78 is 0. The molecule has 1 aliphatic rings. The van der Waals surface area contributed by atoms with E-state index in [0.717, 1.165) is 12.8 Å². The standard InChI is InChI=1S/C14H18N2O3S/c1-15-13(20)14(7-3-2-4-12(14)16-19)10-8-9(17)5-6-11(10)18/h5-6,8,17-19H,2-4,7H2,1H3,(H,15,20). The molecule has 0 aliphatic heterocycles. The molecule has 5 nitrogen and oxygen atoms in total. The molecule has 0 bridgehead atoms. The first-order chi connectivity index (χ1) is 9.56. The van der Waals surface area contributed by atoms with E-state index in [1.807, 2.05) is 0 Å². The van der Waals surface area contributed by atoms with Gasteiger partial charge < -0.3 is 20.7 Å². The minimum absolute atomic E-state index is 0.0310. The summed E-state index contributed by atoms with van der Waals surface area (Å²) in [5.41, 5.74) is 0.133. The number of hydrogen-bond acceptors (Lipinski definition) is 5. The Labute approximate surface area is 122 Å². The molecule has 4 N–H and O–H groups in total. The van der Waals surface area contributed by atoms with Gasteiger partial charge in [-0.2, -0.15) is 0 Å². The molecule has 0 aromatic heterocycles. The van der Waals surface area contributed by atoms with E-state index in [1.165, 1.54) is 18.2 Å². The SMILES string of the molecule is CNC(=S)C1(c2cc(O)ccc2O)CCCCC1=NO. The molecule has 20 heavy (non-hydrogen) atoms. The second-order valence-corrected chi connectivity index (χ2v) is 5.35. The highest BCUT2D eigenvalue weighted by Crippen LogP contribution is 2.43. The number of oxime groups is 1. The van der Waals surface area contributed by atoms with Crippen LogP contribution < -0.4 is 5.32 Å². The van der Waals surface area contributed by atoms with E-state index in [2.05, 4.69) is 10.5 Å². The maximum atomic E-state index is 10.2. The van der Waals surface area contributed by atoms with Gasteiger partial charge in [-0.1, -0.05) is 23.8 Å². The van der Waals surface area contributed by atoms with Gasteiger partial charge >= 0.3 is 0 Å². The van der Waals surface area contributed by atoms with Crippen molar-refractivity contribution in [1.82, 2.24) is 5.32 Å². The molecule has 6 heteroatoms. The van der Waals surface area contributed by atoms with Crippen LogP contribution in [0.15, 0.2) is 23.4 Å². The monoisotopic (exact) mass is 294 g/mol. The van der Waals surface area contributed by atoms with Crippen LogP contribution in [0.5, 0.6) is 11.5 Å². The molecule has 0 amide bonds. The highest BCUT2D eigenvalue weighted by atomic mass is 32.1. The lowest BCUT2D eigenvalue weighted by atomic mass is 9.67. The zero-order valence-corrected chi connectivity index (χ0v) is 12.1. The van der Waals surface area contributed by atoms with E-state index in [0.29, 0.717) is 29.1 Å². The normalized spacial score (nSPS) is 24.6. The van der Waals surface area contributed by atoms with E-state index < -0.39 is 5.41 Å². The van der Waals surface area contributed by atoms with Crippen molar-refractivity contribution in [2.75, 3.05) is 7.05 Å². The van der Waals surface area contributed by atoms with Crippen LogP contribution in [0.1, 0.15) is 31.2 Å². The zero-order valence-electron chi connectivity index (χ0n) is 11.3. The van der Waals surface area contributed by atoms with Crippen LogP contribution in [0.4, 0.5) is 0 Å². The van der Waals surface area contributed by atoms with E-state index in [4.69, 9.17) is 12.2 Å². The second kappa shape index (κ2) is 5.66. The van der Waals surface area contributed by atoms with Crippen LogP contribution in [-0.2, 0) is 5.41 Å². The van der Waals surface area contributed by atoms with Crippen molar-refractivity contribution in [1.29, 1.82) is 0 Å². The smallest absolute Gasteiger partial charge is 0.120 e. The fourth-order valence-corrected chi connectivity index (χ4v) is 3.24. The van der Waals surface area contributed by atoms with E-state index in [9.17, 15) is 15.4 Å². The summed E-state index contributed by atoms with van der Waals surface area (Å²) in [6.07, 6.45) is 3.04. The number of thiocarbonyl (C=S) groups is 1. The molecule has 1 unspecified atom stereocenters. The molecular weight excluding hydrogens is 276 g/mol. The Morgan fingerprint density at radius 2 is 2.10 bits per heavy atom. The van der Waals surface area contributed by atoms with Crippen molar-refractivity contribution in [2.45, 2.75) is 31.1 Å². The Morgan fingerprint density at radius 3 is 2.75 bits per heavy atom. The lowest BCUT2D eigenvalue weighted by molar-refractivity contribution is 0.309. The third kappa shape index (κ3) is 2.20. The fraction of sp³-hybridized carbons (Fsp3) is 0.429. The van der Waals surface area contributed by atoms with Crippen LogP contribution in [0.25, 0.3) is 0 Å². The maximum Gasteiger partial charge on any atom is 0.120 e. The predicted octanol–water partition coefficient (Wildman–Crippen LogP) is 2.29. The van der Waals surface area contributed by atoms with Gasteiger partial charge in [0.25, 0.3) is 0 Å². The van der Waals surface area contributed by atoms with Crippen molar-refractivity contribution in [2.24, 2.45) is 5.16 Å². The van der Waals surface area contributed by atoms with Crippen LogP contribution in [0.2, 0.25) is 0 Å². The van der Waals surface area contributed by atoms with Crippen molar-refractivity contribution < 1.29 is 15.4 Å². The van der Waals surface area contributed by atoms with Gasteiger partial charge in [-0.15, -0.1) is 0 Å². The Balaban J connectivity index is 2.69. The molecule has 0 heterocycles.